The van der Waals surface area contributed by atoms with Crippen molar-refractivity contribution in [3.8, 4) is 0 Å². The van der Waals surface area contributed by atoms with Gasteiger partial charge in [0, 0.05) is 19.3 Å². The maximum absolute atomic E-state index is 13.1. The van der Waals surface area contributed by atoms with Gasteiger partial charge in [-0.25, -0.2) is 4.79 Å². The van der Waals surface area contributed by atoms with Crippen molar-refractivity contribution in [1.82, 2.24) is 0 Å². The number of hydrogen-bond donors (Lipinski definition) is 3. The number of carbonyl (C=O) groups excluding carboxylic acids is 3. The molecule has 0 spiro atoms. The molecule has 6 unspecified atom stereocenters. The minimum atomic E-state index is -1.90. The first-order valence-electron chi connectivity index (χ1n) is 31.6. The van der Waals surface area contributed by atoms with Crippen LogP contribution in [0.25, 0.3) is 0 Å². The number of carboxylic acid groups (broad SMARTS) is 1. The molecule has 1 rings (SSSR count). The van der Waals surface area contributed by atoms with E-state index in [1.165, 1.54) is 128 Å². The molecule has 446 valence electrons. The standard InChI is InChI=1S/C65H114O12/c1-4-7-10-13-16-19-22-24-26-28-29-31-32-34-37-39-42-45-48-51-57(66)73-54-56(75-58(67)52-49-46-43-40-36-21-18-15-12-9-6-3)55-74-65-63(61(70)60(69)62(77-65)64(71)72)76-59(68)53-50-47-44-41-38-35-33-30-27-25-23-20-17-14-11-8-5-2/h8,11,17,20,24-27,56,60-63,65,69-70H,4-7,9-10,12-16,18-19,21-23,28-55H2,1-3H3,(H,71,72)/b11-8-,20-17-,26-24-,27-25-. The number of carboxylic acids is 1. The fraction of sp³-hybridized carbons (Fsp3) is 0.815. The smallest absolute Gasteiger partial charge is 0.335 e. The maximum atomic E-state index is 13.1. The largest absolute Gasteiger partial charge is 0.479 e. The molecule has 12 heteroatoms. The van der Waals surface area contributed by atoms with Gasteiger partial charge < -0.3 is 39.0 Å². The summed E-state index contributed by atoms with van der Waals surface area (Å²) in [5.74, 6) is -3.11. The number of allylic oxidation sites excluding steroid dienone is 8. The zero-order valence-corrected chi connectivity index (χ0v) is 49.2. The molecule has 1 heterocycles. The Hall–Kier alpha value is -3.32. The van der Waals surface area contributed by atoms with Gasteiger partial charge in [0.2, 0.25) is 0 Å². The Bertz CT molecular complexity index is 1520. The van der Waals surface area contributed by atoms with Gasteiger partial charge in [0.1, 0.15) is 18.8 Å². The Morgan fingerprint density at radius 3 is 1.26 bits per heavy atom. The van der Waals surface area contributed by atoms with Gasteiger partial charge in [-0.2, -0.15) is 0 Å². The lowest BCUT2D eigenvalue weighted by atomic mass is 9.98. The summed E-state index contributed by atoms with van der Waals surface area (Å²) in [6.45, 7) is 5.90. The molecular formula is C65H114O12. The first kappa shape index (κ1) is 71.7. The lowest BCUT2D eigenvalue weighted by Crippen LogP contribution is -2.61. The van der Waals surface area contributed by atoms with Crippen LogP contribution < -0.4 is 0 Å². The van der Waals surface area contributed by atoms with Crippen LogP contribution in [0.2, 0.25) is 0 Å². The molecule has 3 N–H and O–H groups in total. The van der Waals surface area contributed by atoms with Gasteiger partial charge in [-0.05, 0) is 77.0 Å². The maximum Gasteiger partial charge on any atom is 0.335 e. The average molecular weight is 1090 g/mol. The van der Waals surface area contributed by atoms with Crippen molar-refractivity contribution in [2.24, 2.45) is 0 Å². The predicted octanol–water partition coefficient (Wildman–Crippen LogP) is 16.6. The number of unbranched alkanes of at least 4 members (excludes halogenated alkanes) is 32. The number of aliphatic hydroxyl groups excluding tert-OH is 2. The lowest BCUT2D eigenvalue weighted by molar-refractivity contribution is -0.301. The molecule has 0 aromatic rings. The van der Waals surface area contributed by atoms with Crippen LogP contribution in [0.3, 0.4) is 0 Å². The van der Waals surface area contributed by atoms with Gasteiger partial charge in [-0.1, -0.05) is 243 Å². The van der Waals surface area contributed by atoms with Crippen molar-refractivity contribution in [1.29, 1.82) is 0 Å². The fourth-order valence-electron chi connectivity index (χ4n) is 9.56. The van der Waals surface area contributed by atoms with Crippen LogP contribution in [0.15, 0.2) is 48.6 Å². The second kappa shape index (κ2) is 53.3. The molecule has 1 aliphatic rings. The summed E-state index contributed by atoms with van der Waals surface area (Å²) in [6.07, 6.45) is 52.2. The quantitative estimate of drug-likeness (QED) is 0.0228. The normalized spacial score (nSPS) is 18.3. The summed E-state index contributed by atoms with van der Waals surface area (Å²) in [7, 11) is 0. The van der Waals surface area contributed by atoms with Crippen molar-refractivity contribution >= 4 is 23.9 Å². The van der Waals surface area contributed by atoms with Crippen LogP contribution in [0, 0.1) is 0 Å². The molecule has 0 aromatic carbocycles. The van der Waals surface area contributed by atoms with E-state index in [-0.39, 0.29) is 25.9 Å². The lowest BCUT2D eigenvalue weighted by Gasteiger charge is -2.40. The number of aliphatic carboxylic acids is 1. The van der Waals surface area contributed by atoms with Crippen molar-refractivity contribution in [2.45, 2.75) is 327 Å². The molecule has 0 aliphatic carbocycles. The second-order valence-electron chi connectivity index (χ2n) is 21.7. The molecule has 12 nitrogen and oxygen atoms in total. The van der Waals surface area contributed by atoms with E-state index in [1.54, 1.807) is 0 Å². The molecule has 0 radical (unpaired) electrons. The van der Waals surface area contributed by atoms with E-state index in [2.05, 4.69) is 69.4 Å². The Kier molecular flexibility index (Phi) is 49.7. The Morgan fingerprint density at radius 2 is 0.818 bits per heavy atom. The number of esters is 3. The third-order valence-corrected chi connectivity index (χ3v) is 14.4. The Labute approximate surface area is 469 Å². The minimum Gasteiger partial charge on any atom is -0.479 e. The minimum absolute atomic E-state index is 0.0510. The van der Waals surface area contributed by atoms with E-state index in [0.717, 1.165) is 103 Å². The molecule has 0 saturated carbocycles. The molecule has 6 atom stereocenters. The number of rotatable bonds is 54. The van der Waals surface area contributed by atoms with Gasteiger partial charge >= 0.3 is 23.9 Å². The molecule has 1 aliphatic heterocycles. The highest BCUT2D eigenvalue weighted by Crippen LogP contribution is 2.27. The monoisotopic (exact) mass is 1090 g/mol. The summed E-state index contributed by atoms with van der Waals surface area (Å²) in [6, 6.07) is 0. The van der Waals surface area contributed by atoms with Crippen LogP contribution in [0.1, 0.15) is 290 Å². The van der Waals surface area contributed by atoms with E-state index in [0.29, 0.717) is 19.3 Å². The summed E-state index contributed by atoms with van der Waals surface area (Å²) in [5, 5.41) is 31.5. The number of carbonyl (C=O) groups is 4. The summed E-state index contributed by atoms with van der Waals surface area (Å²) in [4.78, 5) is 51.2. The van der Waals surface area contributed by atoms with Crippen molar-refractivity contribution < 1.29 is 58.2 Å². The zero-order valence-electron chi connectivity index (χ0n) is 49.2. The molecule has 77 heavy (non-hydrogen) atoms. The highest BCUT2D eigenvalue weighted by atomic mass is 16.7. The molecule has 0 bridgehead atoms. The van der Waals surface area contributed by atoms with Gasteiger partial charge in [-0.3, -0.25) is 14.4 Å². The third kappa shape index (κ3) is 43.2. The van der Waals surface area contributed by atoms with Gasteiger partial charge in [0.05, 0.1) is 6.61 Å². The average Bonchev–Trinajstić information content (AvgIpc) is 3.42. The van der Waals surface area contributed by atoms with Crippen LogP contribution in [-0.2, 0) is 42.9 Å². The van der Waals surface area contributed by atoms with Crippen LogP contribution in [-0.4, -0.2) is 89.2 Å². The zero-order chi connectivity index (χ0) is 56.1. The van der Waals surface area contributed by atoms with Gasteiger partial charge in [0.25, 0.3) is 0 Å². The molecular weight excluding hydrogens is 973 g/mol. The van der Waals surface area contributed by atoms with E-state index < -0.39 is 67.3 Å². The van der Waals surface area contributed by atoms with Crippen LogP contribution in [0.5, 0.6) is 0 Å². The van der Waals surface area contributed by atoms with Crippen LogP contribution >= 0.6 is 0 Å². The summed E-state index contributed by atoms with van der Waals surface area (Å²) in [5.41, 5.74) is 0. The van der Waals surface area contributed by atoms with E-state index in [9.17, 15) is 34.5 Å². The third-order valence-electron chi connectivity index (χ3n) is 14.4. The number of aliphatic hydroxyl groups is 2. The second-order valence-corrected chi connectivity index (χ2v) is 21.7. The number of ether oxygens (including phenoxy) is 5. The summed E-state index contributed by atoms with van der Waals surface area (Å²) >= 11 is 0. The van der Waals surface area contributed by atoms with Crippen LogP contribution in [0.4, 0.5) is 0 Å². The molecule has 1 saturated heterocycles. The molecule has 0 aromatic heterocycles. The van der Waals surface area contributed by atoms with E-state index in [1.807, 2.05) is 0 Å². The van der Waals surface area contributed by atoms with Crippen molar-refractivity contribution in [2.75, 3.05) is 13.2 Å². The first-order chi connectivity index (χ1) is 37.6. The SMILES string of the molecule is CC/C=C\C/C=C\C/C=C\CCCCCCCCCC(=O)OC1C(OCC(COC(=O)CCCCCCCCCCC/C=C\CCCCCCCC)OC(=O)CCCCCCCCCCCCC)OC(C(=O)O)C(O)C1O. The molecule has 1 fully saturated rings. The van der Waals surface area contributed by atoms with Crippen molar-refractivity contribution in [3.05, 3.63) is 48.6 Å². The van der Waals surface area contributed by atoms with Gasteiger partial charge in [0.15, 0.2) is 24.6 Å². The topological polar surface area (TPSA) is 175 Å². The Morgan fingerprint density at radius 1 is 0.442 bits per heavy atom. The first-order valence-corrected chi connectivity index (χ1v) is 31.6. The highest BCUT2D eigenvalue weighted by Gasteiger charge is 2.50. The highest BCUT2D eigenvalue weighted by molar-refractivity contribution is 5.74. The fourth-order valence-corrected chi connectivity index (χ4v) is 9.56. The van der Waals surface area contributed by atoms with Gasteiger partial charge in [-0.15, -0.1) is 0 Å². The molecule has 0 amide bonds. The number of hydrogen-bond acceptors (Lipinski definition) is 11. The van der Waals surface area contributed by atoms with Crippen molar-refractivity contribution in [3.63, 3.8) is 0 Å². The van der Waals surface area contributed by atoms with E-state index in [4.69, 9.17) is 23.7 Å². The summed E-state index contributed by atoms with van der Waals surface area (Å²) < 4.78 is 28.5. The predicted molar refractivity (Wildman–Crippen MR) is 312 cm³/mol. The van der Waals surface area contributed by atoms with E-state index >= 15 is 0 Å². The Balaban J connectivity index is 2.62.